The molecule has 2 aliphatic heterocycles. The molecule has 0 atom stereocenters. The van der Waals surface area contributed by atoms with Crippen molar-refractivity contribution in [2.75, 3.05) is 37.9 Å². The van der Waals surface area contributed by atoms with Crippen molar-refractivity contribution in [2.24, 2.45) is 0 Å². The van der Waals surface area contributed by atoms with Gasteiger partial charge in [0.05, 0.1) is 28.6 Å². The number of nitrogens with one attached hydrogen (secondary N) is 1. The predicted octanol–water partition coefficient (Wildman–Crippen LogP) is 5.36. The second kappa shape index (κ2) is 9.12. The minimum Gasteiger partial charge on any atom is -0.382 e. The van der Waals surface area contributed by atoms with Gasteiger partial charge in [0.2, 0.25) is 0 Å². The summed E-state index contributed by atoms with van der Waals surface area (Å²) in [7, 11) is 0. The summed E-state index contributed by atoms with van der Waals surface area (Å²) in [5.41, 5.74) is 9.36. The van der Waals surface area contributed by atoms with Crippen LogP contribution in [0.4, 0.5) is 5.69 Å². The van der Waals surface area contributed by atoms with E-state index in [2.05, 4.69) is 33.5 Å². The lowest BCUT2D eigenvalue weighted by molar-refractivity contribution is 0.139. The largest absolute Gasteiger partial charge is 0.382 e. The Kier molecular flexibility index (Phi) is 6.34. The van der Waals surface area contributed by atoms with E-state index in [1.165, 1.54) is 16.8 Å². The van der Waals surface area contributed by atoms with Gasteiger partial charge < -0.3 is 9.64 Å². The molecule has 29 heavy (non-hydrogen) atoms. The van der Waals surface area contributed by atoms with E-state index in [0.717, 1.165) is 60.7 Å². The number of hydrazine groups is 1. The van der Waals surface area contributed by atoms with Crippen LogP contribution in [0.3, 0.4) is 0 Å². The van der Waals surface area contributed by atoms with Gasteiger partial charge in [0.1, 0.15) is 0 Å². The van der Waals surface area contributed by atoms with Crippen LogP contribution in [0.15, 0.2) is 65.9 Å². The van der Waals surface area contributed by atoms with Gasteiger partial charge >= 0.3 is 0 Å². The first kappa shape index (κ1) is 20.1. The molecule has 0 spiro atoms. The molecule has 4 rings (SSSR count). The molecule has 2 aromatic rings. The van der Waals surface area contributed by atoms with Gasteiger partial charge in [0.15, 0.2) is 0 Å². The molecule has 1 N–H and O–H groups in total. The first-order valence-corrected chi connectivity index (χ1v) is 10.7. The molecule has 1 fully saturated rings. The molecule has 152 valence electrons. The molecular weight excluding hydrogens is 405 g/mol. The van der Waals surface area contributed by atoms with E-state index in [9.17, 15) is 0 Å². The van der Waals surface area contributed by atoms with Crippen LogP contribution in [0.5, 0.6) is 0 Å². The Morgan fingerprint density at radius 3 is 2.62 bits per heavy atom. The second-order valence-electron chi connectivity index (χ2n) is 7.10. The summed E-state index contributed by atoms with van der Waals surface area (Å²) in [6.45, 7) is 6.10. The zero-order valence-corrected chi connectivity index (χ0v) is 18.0. The molecule has 6 heteroatoms. The van der Waals surface area contributed by atoms with Crippen molar-refractivity contribution in [3.8, 4) is 0 Å². The van der Waals surface area contributed by atoms with Crippen molar-refractivity contribution >= 4 is 34.6 Å². The molecule has 0 amide bonds. The average Bonchev–Trinajstić information content (AvgIpc) is 3.16. The van der Waals surface area contributed by atoms with Crippen molar-refractivity contribution in [3.05, 3.63) is 81.5 Å². The summed E-state index contributed by atoms with van der Waals surface area (Å²) in [6.07, 6.45) is 3.25. The number of para-hydroxylation sites is 1. The van der Waals surface area contributed by atoms with Crippen LogP contribution < -0.4 is 10.4 Å². The molecule has 0 radical (unpaired) electrons. The third-order valence-electron chi connectivity index (χ3n) is 5.20. The Hall–Kier alpha value is -2.14. The van der Waals surface area contributed by atoms with E-state index in [1.54, 1.807) is 0 Å². The molecule has 4 nitrogen and oxygen atoms in total. The maximum absolute atomic E-state index is 6.44. The smallest absolute Gasteiger partial charge is 0.0762 e. The van der Waals surface area contributed by atoms with Crippen molar-refractivity contribution < 1.29 is 4.74 Å². The van der Waals surface area contributed by atoms with Crippen molar-refractivity contribution in [1.29, 1.82) is 0 Å². The third kappa shape index (κ3) is 4.40. The highest BCUT2D eigenvalue weighted by molar-refractivity contribution is 6.33. The maximum atomic E-state index is 6.44. The van der Waals surface area contributed by atoms with Crippen LogP contribution in [0.1, 0.15) is 18.9 Å². The quantitative estimate of drug-likeness (QED) is 0.599. The fourth-order valence-corrected chi connectivity index (χ4v) is 4.20. The zero-order valence-electron chi connectivity index (χ0n) is 16.5. The van der Waals surface area contributed by atoms with Crippen LogP contribution in [0.2, 0.25) is 10.0 Å². The average molecular weight is 430 g/mol. The van der Waals surface area contributed by atoms with E-state index >= 15 is 0 Å². The molecule has 0 aliphatic carbocycles. The van der Waals surface area contributed by atoms with Gasteiger partial charge in [-0.2, -0.15) is 0 Å². The Morgan fingerprint density at radius 1 is 1.07 bits per heavy atom. The summed E-state index contributed by atoms with van der Waals surface area (Å²) in [6, 6.07) is 16.0. The normalized spacial score (nSPS) is 16.0. The molecule has 2 aliphatic rings. The van der Waals surface area contributed by atoms with E-state index < -0.39 is 0 Å². The molecule has 2 heterocycles. The highest BCUT2D eigenvalue weighted by Gasteiger charge is 2.31. The fourth-order valence-electron chi connectivity index (χ4n) is 3.84. The van der Waals surface area contributed by atoms with Crippen LogP contribution in [-0.4, -0.2) is 37.7 Å². The number of rotatable bonds is 7. The Morgan fingerprint density at radius 2 is 1.86 bits per heavy atom. The van der Waals surface area contributed by atoms with Crippen LogP contribution in [-0.2, 0) is 4.74 Å². The minimum atomic E-state index is 0.737. The first-order chi connectivity index (χ1) is 14.2. The number of fused-ring (bicyclic) bond motifs is 1. The van der Waals surface area contributed by atoms with Crippen LogP contribution >= 0.6 is 23.2 Å². The lowest BCUT2D eigenvalue weighted by Gasteiger charge is -2.31. The number of nitrogens with zero attached hydrogens (tertiary/aromatic N) is 2. The molecule has 0 aromatic heterocycles. The van der Waals surface area contributed by atoms with Crippen molar-refractivity contribution in [2.45, 2.75) is 13.3 Å². The summed E-state index contributed by atoms with van der Waals surface area (Å²) in [4.78, 5) is 2.43. The van der Waals surface area contributed by atoms with Gasteiger partial charge in [0, 0.05) is 36.9 Å². The van der Waals surface area contributed by atoms with Gasteiger partial charge in [-0.3, -0.25) is 10.4 Å². The summed E-state index contributed by atoms with van der Waals surface area (Å²) < 4.78 is 5.55. The van der Waals surface area contributed by atoms with Gasteiger partial charge in [-0.1, -0.05) is 47.5 Å². The second-order valence-corrected chi connectivity index (χ2v) is 7.94. The highest BCUT2D eigenvalue weighted by atomic mass is 35.5. The minimum absolute atomic E-state index is 0.737. The van der Waals surface area contributed by atoms with E-state index in [0.29, 0.717) is 0 Å². The number of anilines is 1. The van der Waals surface area contributed by atoms with E-state index in [-0.39, 0.29) is 0 Å². The molecular formula is C23H25Cl2N3O. The maximum Gasteiger partial charge on any atom is 0.0762 e. The molecule has 2 aromatic carbocycles. The Bertz CT molecular complexity index is 924. The molecule has 0 bridgehead atoms. The van der Waals surface area contributed by atoms with Gasteiger partial charge in [0.25, 0.3) is 0 Å². The highest BCUT2D eigenvalue weighted by Crippen LogP contribution is 2.37. The number of hydrogen-bond acceptors (Lipinski definition) is 4. The van der Waals surface area contributed by atoms with E-state index in [4.69, 9.17) is 27.9 Å². The first-order valence-electron chi connectivity index (χ1n) is 9.98. The van der Waals surface area contributed by atoms with Gasteiger partial charge in [-0.25, -0.2) is 0 Å². The number of benzene rings is 2. The predicted molar refractivity (Wildman–Crippen MR) is 121 cm³/mol. The fraction of sp³-hybridized carbons (Fsp3) is 0.304. The Balaban J connectivity index is 1.67. The lowest BCUT2D eigenvalue weighted by Crippen LogP contribution is -2.30. The van der Waals surface area contributed by atoms with Crippen LogP contribution in [0, 0.1) is 0 Å². The molecule has 1 saturated heterocycles. The van der Waals surface area contributed by atoms with Gasteiger partial charge in [-0.05, 0) is 49.2 Å². The number of hydrogen-bond donors (Lipinski definition) is 1. The summed E-state index contributed by atoms with van der Waals surface area (Å²) in [5, 5.41) is 3.60. The third-order valence-corrected chi connectivity index (χ3v) is 5.77. The topological polar surface area (TPSA) is 27.7 Å². The lowest BCUT2D eigenvalue weighted by atomic mass is 9.99. The monoisotopic (exact) mass is 429 g/mol. The zero-order chi connectivity index (χ0) is 20.2. The van der Waals surface area contributed by atoms with Gasteiger partial charge in [-0.15, -0.1) is 0 Å². The Labute approximate surface area is 182 Å². The standard InChI is InChI=1S/C23H25Cl2N3O/c1-2-29-15-5-13-27-14-12-21-19(23(27)17-8-10-18(24)11-9-17)16-28(26-21)22-7-4-3-6-20(22)25/h3-4,6-12,26H,2,5,13-16H2,1H3. The molecule has 0 saturated carbocycles. The number of halogens is 2. The SMILES string of the molecule is CCOCCCN1CC=C2NN(c3ccccc3Cl)CC2=C1c1ccc(Cl)cc1. The molecule has 0 unspecified atom stereocenters. The van der Waals surface area contributed by atoms with Crippen LogP contribution in [0.25, 0.3) is 5.70 Å². The van der Waals surface area contributed by atoms with Crippen molar-refractivity contribution in [3.63, 3.8) is 0 Å². The number of ether oxygens (including phenoxy) is 1. The summed E-state index contributed by atoms with van der Waals surface area (Å²) >= 11 is 12.6. The summed E-state index contributed by atoms with van der Waals surface area (Å²) in [5.74, 6) is 0. The van der Waals surface area contributed by atoms with Crippen molar-refractivity contribution in [1.82, 2.24) is 10.3 Å². The van der Waals surface area contributed by atoms with E-state index in [1.807, 2.05) is 43.3 Å².